The number of hydrogen-bond donors (Lipinski definition) is 2. The SMILES string of the molecule is CCNC(=NCc1ccc(S(=O)(=O)N2CCCC(C)C2)cc1)NCCOCC. The molecule has 0 aromatic heterocycles. The normalized spacial score (nSPS) is 18.8. The maximum Gasteiger partial charge on any atom is 0.243 e. The Labute approximate surface area is 169 Å². The maximum absolute atomic E-state index is 12.8. The van der Waals surface area contributed by atoms with Crippen LogP contribution in [0.25, 0.3) is 0 Å². The molecule has 1 unspecified atom stereocenters. The summed E-state index contributed by atoms with van der Waals surface area (Å²) in [5, 5.41) is 6.41. The van der Waals surface area contributed by atoms with Gasteiger partial charge in [0, 0.05) is 32.8 Å². The van der Waals surface area contributed by atoms with E-state index in [2.05, 4.69) is 22.5 Å². The Morgan fingerprint density at radius 1 is 1.25 bits per heavy atom. The molecule has 2 N–H and O–H groups in total. The van der Waals surface area contributed by atoms with Crippen LogP contribution < -0.4 is 10.6 Å². The van der Waals surface area contributed by atoms with E-state index >= 15 is 0 Å². The Kier molecular flexibility index (Phi) is 9.21. The lowest BCUT2D eigenvalue weighted by Crippen LogP contribution is -2.39. The van der Waals surface area contributed by atoms with Gasteiger partial charge in [0.05, 0.1) is 18.0 Å². The Morgan fingerprint density at radius 2 is 2.00 bits per heavy atom. The largest absolute Gasteiger partial charge is 0.380 e. The standard InChI is InChI=1S/C20H34N4O3S/c1-4-21-20(22-12-14-27-5-2)23-15-18-8-10-19(11-9-18)28(25,26)24-13-6-7-17(3)16-24/h8-11,17H,4-7,12-16H2,1-3H3,(H2,21,22,23). The van der Waals surface area contributed by atoms with Crippen LogP contribution in [-0.4, -0.2) is 58.1 Å². The van der Waals surface area contributed by atoms with Crippen LogP contribution in [-0.2, 0) is 21.3 Å². The molecule has 1 aromatic carbocycles. The number of benzene rings is 1. The van der Waals surface area contributed by atoms with Gasteiger partial charge in [-0.3, -0.25) is 0 Å². The van der Waals surface area contributed by atoms with Crippen molar-refractivity contribution >= 4 is 16.0 Å². The summed E-state index contributed by atoms with van der Waals surface area (Å²) in [6.07, 6.45) is 2.02. The molecule has 1 heterocycles. The Bertz CT molecular complexity index is 719. The monoisotopic (exact) mass is 410 g/mol. The summed E-state index contributed by atoms with van der Waals surface area (Å²) in [7, 11) is -3.41. The van der Waals surface area contributed by atoms with Crippen LogP contribution in [0.2, 0.25) is 0 Å². The molecule has 0 spiro atoms. The summed E-state index contributed by atoms with van der Waals surface area (Å²) >= 11 is 0. The second kappa shape index (κ2) is 11.4. The molecular weight excluding hydrogens is 376 g/mol. The number of sulfonamides is 1. The first-order valence-corrected chi connectivity index (χ1v) is 11.6. The Balaban J connectivity index is 1.98. The van der Waals surface area contributed by atoms with Crippen LogP contribution in [0.3, 0.4) is 0 Å². The van der Waals surface area contributed by atoms with E-state index in [-0.39, 0.29) is 0 Å². The number of hydrogen-bond acceptors (Lipinski definition) is 4. The van der Waals surface area contributed by atoms with Crippen molar-refractivity contribution in [1.29, 1.82) is 0 Å². The number of piperidine rings is 1. The summed E-state index contributed by atoms with van der Waals surface area (Å²) in [5.74, 6) is 1.14. The second-order valence-corrected chi connectivity index (χ2v) is 9.01. The third-order valence-corrected chi connectivity index (χ3v) is 6.57. The van der Waals surface area contributed by atoms with Crippen molar-refractivity contribution in [3.05, 3.63) is 29.8 Å². The fourth-order valence-corrected chi connectivity index (χ4v) is 4.78. The average molecular weight is 411 g/mol. The smallest absolute Gasteiger partial charge is 0.243 e. The van der Waals surface area contributed by atoms with Gasteiger partial charge in [0.15, 0.2) is 5.96 Å². The highest BCUT2D eigenvalue weighted by Gasteiger charge is 2.28. The van der Waals surface area contributed by atoms with Crippen molar-refractivity contribution in [2.24, 2.45) is 10.9 Å². The van der Waals surface area contributed by atoms with Gasteiger partial charge in [-0.05, 0) is 50.3 Å². The Morgan fingerprint density at radius 3 is 2.64 bits per heavy atom. The molecule has 8 heteroatoms. The molecule has 0 amide bonds. The number of ether oxygens (including phenoxy) is 1. The maximum atomic E-state index is 12.8. The molecule has 0 aliphatic carbocycles. The van der Waals surface area contributed by atoms with E-state index in [1.54, 1.807) is 16.4 Å². The molecule has 1 atom stereocenters. The van der Waals surface area contributed by atoms with Crippen molar-refractivity contribution in [2.45, 2.75) is 45.1 Å². The van der Waals surface area contributed by atoms with Gasteiger partial charge in [-0.1, -0.05) is 19.1 Å². The van der Waals surface area contributed by atoms with Crippen molar-refractivity contribution in [3.63, 3.8) is 0 Å². The van der Waals surface area contributed by atoms with Gasteiger partial charge in [-0.2, -0.15) is 4.31 Å². The van der Waals surface area contributed by atoms with Crippen molar-refractivity contribution in [2.75, 3.05) is 39.4 Å². The van der Waals surface area contributed by atoms with Gasteiger partial charge in [0.2, 0.25) is 10.0 Å². The molecule has 7 nitrogen and oxygen atoms in total. The van der Waals surface area contributed by atoms with Gasteiger partial charge < -0.3 is 15.4 Å². The van der Waals surface area contributed by atoms with Crippen LogP contribution in [0.1, 0.15) is 39.2 Å². The molecule has 1 fully saturated rings. The van der Waals surface area contributed by atoms with E-state index in [0.717, 1.165) is 30.9 Å². The second-order valence-electron chi connectivity index (χ2n) is 7.07. The molecular formula is C20H34N4O3S. The van der Waals surface area contributed by atoms with Gasteiger partial charge in [-0.15, -0.1) is 0 Å². The topological polar surface area (TPSA) is 83.0 Å². The van der Waals surface area contributed by atoms with Crippen LogP contribution >= 0.6 is 0 Å². The van der Waals surface area contributed by atoms with Crippen LogP contribution in [0.4, 0.5) is 0 Å². The molecule has 1 aliphatic heterocycles. The molecule has 0 bridgehead atoms. The molecule has 0 saturated carbocycles. The molecule has 1 saturated heterocycles. The fourth-order valence-electron chi connectivity index (χ4n) is 3.18. The molecule has 1 aromatic rings. The zero-order chi connectivity index (χ0) is 20.4. The number of rotatable bonds is 9. The number of aliphatic imine (C=N–C) groups is 1. The van der Waals surface area contributed by atoms with E-state index in [9.17, 15) is 8.42 Å². The van der Waals surface area contributed by atoms with Crippen LogP contribution in [0, 0.1) is 5.92 Å². The molecule has 1 aliphatic rings. The predicted molar refractivity (Wildman–Crippen MR) is 113 cm³/mol. The lowest BCUT2D eigenvalue weighted by atomic mass is 10.0. The third kappa shape index (κ3) is 6.76. The van der Waals surface area contributed by atoms with Gasteiger partial charge in [0.25, 0.3) is 0 Å². The van der Waals surface area contributed by atoms with E-state index in [0.29, 0.717) is 50.2 Å². The summed E-state index contributed by atoms with van der Waals surface area (Å²) in [5.41, 5.74) is 0.966. The highest BCUT2D eigenvalue weighted by molar-refractivity contribution is 7.89. The highest BCUT2D eigenvalue weighted by atomic mass is 32.2. The lowest BCUT2D eigenvalue weighted by Gasteiger charge is -2.30. The molecule has 28 heavy (non-hydrogen) atoms. The zero-order valence-corrected chi connectivity index (χ0v) is 18.1. The average Bonchev–Trinajstić information content (AvgIpc) is 2.69. The van der Waals surface area contributed by atoms with Crippen molar-refractivity contribution in [1.82, 2.24) is 14.9 Å². The van der Waals surface area contributed by atoms with E-state index < -0.39 is 10.0 Å². The summed E-state index contributed by atoms with van der Waals surface area (Å²) in [4.78, 5) is 4.91. The first kappa shape index (κ1) is 22.6. The van der Waals surface area contributed by atoms with Gasteiger partial charge >= 0.3 is 0 Å². The molecule has 2 rings (SSSR count). The van der Waals surface area contributed by atoms with E-state index in [4.69, 9.17) is 4.74 Å². The predicted octanol–water partition coefficient (Wildman–Crippen LogP) is 2.20. The summed E-state index contributed by atoms with van der Waals surface area (Å²) < 4.78 is 32.6. The zero-order valence-electron chi connectivity index (χ0n) is 17.3. The van der Waals surface area contributed by atoms with Crippen LogP contribution in [0.5, 0.6) is 0 Å². The fraction of sp³-hybridized carbons (Fsp3) is 0.650. The number of guanidine groups is 1. The van der Waals surface area contributed by atoms with Crippen LogP contribution in [0.15, 0.2) is 34.2 Å². The number of nitrogens with zero attached hydrogens (tertiary/aromatic N) is 2. The first-order chi connectivity index (χ1) is 13.5. The minimum absolute atomic E-state index is 0.357. The van der Waals surface area contributed by atoms with E-state index in [1.807, 2.05) is 26.0 Å². The lowest BCUT2D eigenvalue weighted by molar-refractivity contribution is 0.152. The minimum Gasteiger partial charge on any atom is -0.380 e. The first-order valence-electron chi connectivity index (χ1n) is 10.2. The van der Waals surface area contributed by atoms with E-state index in [1.165, 1.54) is 0 Å². The minimum atomic E-state index is -3.41. The number of nitrogens with one attached hydrogen (secondary N) is 2. The summed E-state index contributed by atoms with van der Waals surface area (Å²) in [6, 6.07) is 7.06. The molecule has 0 radical (unpaired) electrons. The third-order valence-electron chi connectivity index (χ3n) is 4.69. The Hall–Kier alpha value is -1.64. The van der Waals surface area contributed by atoms with Crippen molar-refractivity contribution < 1.29 is 13.2 Å². The van der Waals surface area contributed by atoms with Crippen molar-refractivity contribution in [3.8, 4) is 0 Å². The quantitative estimate of drug-likeness (QED) is 0.370. The highest BCUT2D eigenvalue weighted by Crippen LogP contribution is 2.23. The van der Waals surface area contributed by atoms with Gasteiger partial charge in [0.1, 0.15) is 0 Å². The van der Waals surface area contributed by atoms with Gasteiger partial charge in [-0.25, -0.2) is 13.4 Å². The summed E-state index contributed by atoms with van der Waals surface area (Å²) in [6.45, 7) is 10.6. The molecule has 158 valence electrons.